The van der Waals surface area contributed by atoms with Crippen LogP contribution in [-0.4, -0.2) is 24.7 Å². The van der Waals surface area contributed by atoms with Gasteiger partial charge in [-0.2, -0.15) is 0 Å². The Kier molecular flexibility index (Phi) is 3.53. The lowest BCUT2D eigenvalue weighted by molar-refractivity contribution is -0.136. The van der Waals surface area contributed by atoms with Crippen LogP contribution in [0.5, 0.6) is 0 Å². The number of carbonyl (C=O) groups excluding carboxylic acids is 1. The zero-order valence-corrected chi connectivity index (χ0v) is 10.4. The molecule has 1 amide bonds. The summed E-state index contributed by atoms with van der Waals surface area (Å²) in [7, 11) is 0. The molecule has 1 aliphatic heterocycles. The summed E-state index contributed by atoms with van der Waals surface area (Å²) in [6, 6.07) is 0.369. The Morgan fingerprint density at radius 3 is 2.69 bits per heavy atom. The van der Waals surface area contributed by atoms with Crippen LogP contribution in [0.25, 0.3) is 0 Å². The third-order valence-corrected chi connectivity index (χ3v) is 3.79. The Morgan fingerprint density at radius 1 is 1.31 bits per heavy atom. The van der Waals surface area contributed by atoms with Crippen LogP contribution in [0.4, 0.5) is 0 Å². The monoisotopic (exact) mass is 225 g/mol. The minimum absolute atomic E-state index is 0.113. The summed E-state index contributed by atoms with van der Waals surface area (Å²) >= 11 is 0. The number of carbonyl (C=O) groups is 1. The molecule has 0 bridgehead atoms. The Labute approximate surface area is 97.9 Å². The number of hydrogen-bond acceptors (Lipinski definition) is 2. The average molecular weight is 225 g/mol. The van der Waals surface area contributed by atoms with Crippen LogP contribution in [0, 0.1) is 5.41 Å². The minimum Gasteiger partial charge on any atom is -0.368 e. The first-order valence-electron chi connectivity index (χ1n) is 6.49. The third kappa shape index (κ3) is 2.97. The number of rotatable bonds is 2. The van der Waals surface area contributed by atoms with Crippen molar-refractivity contribution in [3.05, 3.63) is 0 Å². The van der Waals surface area contributed by atoms with Crippen LogP contribution in [0.2, 0.25) is 0 Å². The summed E-state index contributed by atoms with van der Waals surface area (Å²) in [6.07, 6.45) is 6.36. The van der Waals surface area contributed by atoms with Gasteiger partial charge in [-0.15, -0.1) is 0 Å². The van der Waals surface area contributed by atoms with Crippen LogP contribution in [0.3, 0.4) is 0 Å². The maximum absolute atomic E-state index is 11.9. The largest absolute Gasteiger partial charge is 0.368 e. The quantitative estimate of drug-likeness (QED) is 0.782. The number of nitrogens with one attached hydrogen (secondary N) is 1. The standard InChI is InChI=1S/C13H23NO2/c1-13(2)7-6-10(9-13)14-12(15)11-5-3-4-8-16-11/h10-11H,3-9H2,1-2H3,(H,14,15). The molecule has 0 aromatic carbocycles. The first-order valence-corrected chi connectivity index (χ1v) is 6.49. The molecule has 1 aliphatic carbocycles. The Bertz CT molecular complexity index is 257. The number of amides is 1. The molecule has 1 N–H and O–H groups in total. The van der Waals surface area contributed by atoms with Crippen molar-refractivity contribution in [2.75, 3.05) is 6.61 Å². The number of hydrogen-bond donors (Lipinski definition) is 1. The Balaban J connectivity index is 1.79. The molecule has 1 heterocycles. The normalized spacial score (nSPS) is 33.6. The van der Waals surface area contributed by atoms with E-state index in [-0.39, 0.29) is 12.0 Å². The van der Waals surface area contributed by atoms with Crippen molar-refractivity contribution in [3.63, 3.8) is 0 Å². The van der Waals surface area contributed by atoms with E-state index in [0.717, 1.165) is 38.7 Å². The van der Waals surface area contributed by atoms with Crippen molar-refractivity contribution in [2.24, 2.45) is 5.41 Å². The molecule has 2 unspecified atom stereocenters. The minimum atomic E-state index is -0.183. The molecule has 1 saturated heterocycles. The highest BCUT2D eigenvalue weighted by Gasteiger charge is 2.33. The fourth-order valence-corrected chi connectivity index (χ4v) is 2.80. The van der Waals surface area contributed by atoms with Crippen molar-refractivity contribution in [3.8, 4) is 0 Å². The molecule has 3 heteroatoms. The van der Waals surface area contributed by atoms with E-state index in [0.29, 0.717) is 11.5 Å². The molecule has 16 heavy (non-hydrogen) atoms. The molecule has 0 radical (unpaired) electrons. The molecule has 3 nitrogen and oxygen atoms in total. The van der Waals surface area contributed by atoms with Crippen LogP contribution >= 0.6 is 0 Å². The molecular weight excluding hydrogens is 202 g/mol. The number of ether oxygens (including phenoxy) is 1. The van der Waals surface area contributed by atoms with Gasteiger partial charge in [-0.25, -0.2) is 0 Å². The van der Waals surface area contributed by atoms with Gasteiger partial charge in [0, 0.05) is 12.6 Å². The molecule has 2 fully saturated rings. The smallest absolute Gasteiger partial charge is 0.249 e. The molecule has 0 spiro atoms. The Hall–Kier alpha value is -0.570. The summed E-state index contributed by atoms with van der Waals surface area (Å²) in [6.45, 7) is 5.29. The van der Waals surface area contributed by atoms with Crippen molar-refractivity contribution < 1.29 is 9.53 Å². The maximum Gasteiger partial charge on any atom is 0.249 e. The molecule has 0 aromatic heterocycles. The van der Waals surface area contributed by atoms with E-state index in [1.807, 2.05) is 0 Å². The predicted molar refractivity (Wildman–Crippen MR) is 63.2 cm³/mol. The van der Waals surface area contributed by atoms with Crippen molar-refractivity contribution in [1.82, 2.24) is 5.32 Å². The Morgan fingerprint density at radius 2 is 2.12 bits per heavy atom. The molecule has 92 valence electrons. The van der Waals surface area contributed by atoms with E-state index in [4.69, 9.17) is 4.74 Å². The van der Waals surface area contributed by atoms with Crippen LogP contribution in [-0.2, 0) is 9.53 Å². The SMILES string of the molecule is CC1(C)CCC(NC(=O)C2CCCCO2)C1. The summed E-state index contributed by atoms with van der Waals surface area (Å²) < 4.78 is 5.49. The highest BCUT2D eigenvalue weighted by Crippen LogP contribution is 2.36. The topological polar surface area (TPSA) is 38.3 Å². The van der Waals surface area contributed by atoms with Gasteiger partial charge in [0.05, 0.1) is 0 Å². The first-order chi connectivity index (χ1) is 7.57. The average Bonchev–Trinajstić information content (AvgIpc) is 2.59. The van der Waals surface area contributed by atoms with Crippen LogP contribution < -0.4 is 5.32 Å². The van der Waals surface area contributed by atoms with Gasteiger partial charge < -0.3 is 10.1 Å². The van der Waals surface area contributed by atoms with Gasteiger partial charge in [0.1, 0.15) is 6.10 Å². The van der Waals surface area contributed by atoms with Gasteiger partial charge in [0.15, 0.2) is 0 Å². The lowest BCUT2D eigenvalue weighted by atomic mass is 9.92. The van der Waals surface area contributed by atoms with Crippen LogP contribution in [0.1, 0.15) is 52.4 Å². The second kappa shape index (κ2) is 4.74. The molecule has 1 saturated carbocycles. The maximum atomic E-state index is 11.9. The molecule has 0 aromatic rings. The van der Waals surface area contributed by atoms with Gasteiger partial charge in [-0.05, 0) is 43.9 Å². The first kappa shape index (κ1) is 11.9. The fourth-order valence-electron chi connectivity index (χ4n) is 2.80. The van der Waals surface area contributed by atoms with Crippen LogP contribution in [0.15, 0.2) is 0 Å². The highest BCUT2D eigenvalue weighted by atomic mass is 16.5. The summed E-state index contributed by atoms with van der Waals surface area (Å²) in [5.74, 6) is 0.113. The second-order valence-electron chi connectivity index (χ2n) is 5.97. The van der Waals surface area contributed by atoms with Crippen molar-refractivity contribution in [2.45, 2.75) is 64.5 Å². The van der Waals surface area contributed by atoms with Gasteiger partial charge in [-0.1, -0.05) is 13.8 Å². The lowest BCUT2D eigenvalue weighted by Crippen LogP contribution is -2.43. The van der Waals surface area contributed by atoms with E-state index < -0.39 is 0 Å². The zero-order chi connectivity index (χ0) is 11.6. The van der Waals surface area contributed by atoms with Gasteiger partial charge in [0.25, 0.3) is 0 Å². The zero-order valence-electron chi connectivity index (χ0n) is 10.4. The van der Waals surface area contributed by atoms with E-state index in [1.165, 1.54) is 6.42 Å². The third-order valence-electron chi connectivity index (χ3n) is 3.79. The lowest BCUT2D eigenvalue weighted by Gasteiger charge is -2.24. The second-order valence-corrected chi connectivity index (χ2v) is 5.97. The van der Waals surface area contributed by atoms with Gasteiger partial charge in [0.2, 0.25) is 5.91 Å². The summed E-state index contributed by atoms with van der Waals surface area (Å²) in [5.41, 5.74) is 0.394. The molecular formula is C13H23NO2. The predicted octanol–water partition coefficient (Wildman–Crippen LogP) is 2.25. The van der Waals surface area contributed by atoms with Crippen molar-refractivity contribution >= 4 is 5.91 Å². The fraction of sp³-hybridized carbons (Fsp3) is 0.923. The van der Waals surface area contributed by atoms with Crippen molar-refractivity contribution in [1.29, 1.82) is 0 Å². The van der Waals surface area contributed by atoms with E-state index in [9.17, 15) is 4.79 Å². The highest BCUT2D eigenvalue weighted by molar-refractivity contribution is 5.81. The van der Waals surface area contributed by atoms with Gasteiger partial charge in [-0.3, -0.25) is 4.79 Å². The van der Waals surface area contributed by atoms with E-state index in [1.54, 1.807) is 0 Å². The molecule has 2 rings (SSSR count). The van der Waals surface area contributed by atoms with Gasteiger partial charge >= 0.3 is 0 Å². The summed E-state index contributed by atoms with van der Waals surface area (Å²) in [4.78, 5) is 11.9. The summed E-state index contributed by atoms with van der Waals surface area (Å²) in [5, 5.41) is 3.14. The molecule has 2 atom stereocenters. The van der Waals surface area contributed by atoms with E-state index in [2.05, 4.69) is 19.2 Å². The molecule has 2 aliphatic rings. The van der Waals surface area contributed by atoms with E-state index >= 15 is 0 Å².